The molecule has 27 heavy (non-hydrogen) atoms. The van der Waals surface area contributed by atoms with Crippen molar-refractivity contribution in [1.29, 1.82) is 0 Å². The van der Waals surface area contributed by atoms with Crippen LogP contribution < -0.4 is 5.32 Å². The van der Waals surface area contributed by atoms with E-state index in [1.807, 2.05) is 0 Å². The normalized spacial score (nSPS) is 35.0. The summed E-state index contributed by atoms with van der Waals surface area (Å²) < 4.78 is 0. The van der Waals surface area contributed by atoms with Crippen LogP contribution in [-0.4, -0.2) is 29.9 Å². The van der Waals surface area contributed by atoms with Crippen molar-refractivity contribution >= 4 is 5.91 Å². The van der Waals surface area contributed by atoms with Gasteiger partial charge in [0.1, 0.15) is 0 Å². The molecule has 1 spiro atoms. The molecule has 3 aliphatic carbocycles. The molecule has 2 bridgehead atoms. The SMILES string of the molecule is CC(=O)N[C@H]1CCC2(CCN(C3CC4CC[C@H](C4)C3)CC2)c2ccccc21.[HH].[HH].[HH]. The first-order valence-corrected chi connectivity index (χ1v) is 11.2. The molecule has 1 aromatic carbocycles. The van der Waals surface area contributed by atoms with E-state index in [0.29, 0.717) is 5.41 Å². The molecule has 1 aromatic rings. The number of piperidine rings is 1. The van der Waals surface area contributed by atoms with Crippen molar-refractivity contribution in [3.8, 4) is 0 Å². The molecule has 3 nitrogen and oxygen atoms in total. The summed E-state index contributed by atoms with van der Waals surface area (Å²) in [5, 5.41) is 3.19. The van der Waals surface area contributed by atoms with E-state index < -0.39 is 0 Å². The molecule has 1 saturated heterocycles. The number of nitrogens with one attached hydrogen (secondary N) is 1. The van der Waals surface area contributed by atoms with Gasteiger partial charge in [-0.15, -0.1) is 0 Å². The number of hydrogen-bond donors (Lipinski definition) is 1. The van der Waals surface area contributed by atoms with Crippen LogP contribution in [-0.2, 0) is 10.2 Å². The van der Waals surface area contributed by atoms with E-state index in [0.717, 1.165) is 24.3 Å². The Morgan fingerprint density at radius 1 is 1.04 bits per heavy atom. The predicted octanol–water partition coefficient (Wildman–Crippen LogP) is 5.31. The molecule has 3 heteroatoms. The summed E-state index contributed by atoms with van der Waals surface area (Å²) in [6.07, 6.45) is 12.3. The number of carbonyl (C=O) groups excluding carboxylic acids is 1. The van der Waals surface area contributed by atoms with Gasteiger partial charge >= 0.3 is 0 Å². The Labute approximate surface area is 168 Å². The standard InChI is InChI=1S/C24H34N2O.3H2/c1-17(27)25-23-8-9-24(22-5-3-2-4-21(22)23)10-12-26(13-11-24)20-15-18-6-7-19(14-18)16-20;;;/h2-5,18-20,23H,6-16H2,1H3,(H,25,27);3*1H/t18-,19?,20?,23+;;;/m1.../s1. The highest BCUT2D eigenvalue weighted by Gasteiger charge is 2.44. The average molecular weight is 373 g/mol. The lowest BCUT2D eigenvalue weighted by Crippen LogP contribution is -2.50. The van der Waals surface area contributed by atoms with Crippen LogP contribution in [0.2, 0.25) is 0 Å². The lowest BCUT2D eigenvalue weighted by molar-refractivity contribution is -0.119. The molecule has 152 valence electrons. The van der Waals surface area contributed by atoms with Crippen LogP contribution >= 0.6 is 0 Å². The molecule has 1 heterocycles. The van der Waals surface area contributed by atoms with Crippen LogP contribution in [0.25, 0.3) is 0 Å². The number of likely N-dealkylation sites (tertiary alicyclic amines) is 1. The van der Waals surface area contributed by atoms with Gasteiger partial charge in [-0.1, -0.05) is 37.1 Å². The van der Waals surface area contributed by atoms with E-state index in [1.165, 1.54) is 75.6 Å². The molecule has 2 saturated carbocycles. The number of fused-ring (bicyclic) bond motifs is 4. The summed E-state index contributed by atoms with van der Waals surface area (Å²) in [5.41, 5.74) is 3.25. The van der Waals surface area contributed by atoms with Crippen LogP contribution in [0, 0.1) is 11.8 Å². The van der Waals surface area contributed by atoms with Crippen LogP contribution in [0.5, 0.6) is 0 Å². The number of hydrogen-bond acceptors (Lipinski definition) is 2. The third-order valence-corrected chi connectivity index (χ3v) is 8.33. The van der Waals surface area contributed by atoms with E-state index in [2.05, 4.69) is 34.5 Å². The third-order valence-electron chi connectivity index (χ3n) is 8.33. The quantitative estimate of drug-likeness (QED) is 0.763. The van der Waals surface area contributed by atoms with Gasteiger partial charge in [-0.3, -0.25) is 4.79 Å². The summed E-state index contributed by atoms with van der Waals surface area (Å²) >= 11 is 0. The highest BCUT2D eigenvalue weighted by Crippen LogP contribution is 2.49. The maximum atomic E-state index is 11.6. The highest BCUT2D eigenvalue weighted by molar-refractivity contribution is 5.73. The maximum absolute atomic E-state index is 11.6. The lowest BCUT2D eigenvalue weighted by Gasteiger charge is -2.49. The molecule has 1 N–H and O–H groups in total. The van der Waals surface area contributed by atoms with Gasteiger partial charge in [0.05, 0.1) is 6.04 Å². The summed E-state index contributed by atoms with van der Waals surface area (Å²) in [4.78, 5) is 14.5. The maximum Gasteiger partial charge on any atom is 0.217 e. The molecule has 4 aliphatic rings. The summed E-state index contributed by atoms with van der Waals surface area (Å²) in [5.74, 6) is 2.14. The molecule has 1 aliphatic heterocycles. The summed E-state index contributed by atoms with van der Waals surface area (Å²) in [6, 6.07) is 10.00. The second kappa shape index (κ2) is 6.92. The van der Waals surface area contributed by atoms with Crippen LogP contribution in [0.4, 0.5) is 0 Å². The van der Waals surface area contributed by atoms with E-state index >= 15 is 0 Å². The van der Waals surface area contributed by atoms with E-state index in [4.69, 9.17) is 0 Å². The van der Waals surface area contributed by atoms with Gasteiger partial charge in [0, 0.05) is 17.2 Å². The van der Waals surface area contributed by atoms with Crippen molar-refractivity contribution in [2.45, 2.75) is 82.2 Å². The molecule has 2 unspecified atom stereocenters. The van der Waals surface area contributed by atoms with Gasteiger partial charge in [-0.05, 0) is 86.4 Å². The van der Waals surface area contributed by atoms with E-state index in [1.54, 1.807) is 6.92 Å². The zero-order valence-electron chi connectivity index (χ0n) is 16.8. The van der Waals surface area contributed by atoms with Gasteiger partial charge in [0.25, 0.3) is 0 Å². The van der Waals surface area contributed by atoms with Gasteiger partial charge in [0.2, 0.25) is 5.91 Å². The first-order chi connectivity index (χ1) is 13.1. The molecule has 0 aromatic heterocycles. The third kappa shape index (κ3) is 3.22. The Morgan fingerprint density at radius 2 is 1.74 bits per heavy atom. The number of carbonyl (C=O) groups is 1. The van der Waals surface area contributed by atoms with Crippen molar-refractivity contribution in [3.05, 3.63) is 35.4 Å². The van der Waals surface area contributed by atoms with E-state index in [9.17, 15) is 4.79 Å². The lowest BCUT2D eigenvalue weighted by atomic mass is 9.63. The summed E-state index contributed by atoms with van der Waals surface area (Å²) in [6.45, 7) is 4.18. The van der Waals surface area contributed by atoms with Crippen molar-refractivity contribution in [2.24, 2.45) is 11.8 Å². The molecule has 4 atom stereocenters. The van der Waals surface area contributed by atoms with Crippen molar-refractivity contribution in [1.82, 2.24) is 10.2 Å². The van der Waals surface area contributed by atoms with Gasteiger partial charge < -0.3 is 10.2 Å². The van der Waals surface area contributed by atoms with Crippen LogP contribution in [0.15, 0.2) is 24.3 Å². The second-order valence-electron chi connectivity index (χ2n) is 9.87. The largest absolute Gasteiger partial charge is 0.350 e. The molecule has 5 rings (SSSR count). The number of nitrogens with zero attached hydrogens (tertiary/aromatic N) is 1. The Hall–Kier alpha value is -1.35. The zero-order chi connectivity index (χ0) is 18.4. The molecule has 0 radical (unpaired) electrons. The summed E-state index contributed by atoms with van der Waals surface area (Å²) in [7, 11) is 0. The van der Waals surface area contributed by atoms with Crippen molar-refractivity contribution < 1.29 is 9.07 Å². The van der Waals surface area contributed by atoms with Gasteiger partial charge in [-0.25, -0.2) is 0 Å². The minimum absolute atomic E-state index is 0. The molecule has 1 amide bonds. The molecular formula is C24H40N2O. The fraction of sp³-hybridized carbons (Fsp3) is 0.708. The van der Waals surface area contributed by atoms with Crippen molar-refractivity contribution in [2.75, 3.05) is 13.1 Å². The predicted molar refractivity (Wildman–Crippen MR) is 115 cm³/mol. The zero-order valence-corrected chi connectivity index (χ0v) is 16.8. The minimum atomic E-state index is 0. The molecule has 3 fully saturated rings. The fourth-order valence-corrected chi connectivity index (χ4v) is 7.00. The number of benzene rings is 1. The Balaban J connectivity index is 0.00000107. The number of amides is 1. The first kappa shape index (κ1) is 17.7. The smallest absolute Gasteiger partial charge is 0.217 e. The second-order valence-corrected chi connectivity index (χ2v) is 9.87. The van der Waals surface area contributed by atoms with Gasteiger partial charge in [-0.2, -0.15) is 0 Å². The monoisotopic (exact) mass is 372 g/mol. The van der Waals surface area contributed by atoms with Gasteiger partial charge in [0.15, 0.2) is 0 Å². The number of rotatable bonds is 2. The first-order valence-electron chi connectivity index (χ1n) is 11.2. The fourth-order valence-electron chi connectivity index (χ4n) is 7.00. The topological polar surface area (TPSA) is 32.3 Å². The van der Waals surface area contributed by atoms with Crippen LogP contribution in [0.3, 0.4) is 0 Å². The Bertz CT molecular complexity index is 708. The Kier molecular flexibility index (Phi) is 4.54. The highest BCUT2D eigenvalue weighted by atomic mass is 16.1. The van der Waals surface area contributed by atoms with Crippen LogP contribution in [0.1, 0.15) is 86.2 Å². The Morgan fingerprint density at radius 3 is 2.44 bits per heavy atom. The minimum Gasteiger partial charge on any atom is -0.350 e. The molecular weight excluding hydrogens is 332 g/mol. The van der Waals surface area contributed by atoms with Crippen molar-refractivity contribution in [3.63, 3.8) is 0 Å². The average Bonchev–Trinajstić information content (AvgIpc) is 3.02. The van der Waals surface area contributed by atoms with E-state index in [-0.39, 0.29) is 16.2 Å².